The van der Waals surface area contributed by atoms with E-state index in [9.17, 15) is 0 Å². The van der Waals surface area contributed by atoms with E-state index in [1.807, 2.05) is 0 Å². The Bertz CT molecular complexity index is 123. The first-order chi connectivity index (χ1) is 3.87. The highest BCUT2D eigenvalue weighted by molar-refractivity contribution is 8.48. The Labute approximate surface area is 58.3 Å². The summed E-state index contributed by atoms with van der Waals surface area (Å²) >= 11 is 0. The van der Waals surface area contributed by atoms with Gasteiger partial charge in [0.1, 0.15) is 0 Å². The molecule has 1 heterocycles. The van der Waals surface area contributed by atoms with Gasteiger partial charge in [-0.2, -0.15) is 0 Å². The molecule has 0 aromatic rings. The molecule has 1 aliphatic rings. The summed E-state index contributed by atoms with van der Waals surface area (Å²) in [5.74, 6) is 2.72. The van der Waals surface area contributed by atoms with Crippen molar-refractivity contribution < 1.29 is 0 Å². The van der Waals surface area contributed by atoms with Crippen LogP contribution in [0.1, 0.15) is 6.42 Å². The number of nitrogens with two attached hydrogens (primary N) is 1. The Balaban J connectivity index is 2.67. The highest BCUT2D eigenvalue weighted by Gasteiger charge is 2.33. The number of thiol groups is 1. The highest BCUT2D eigenvalue weighted by Crippen LogP contribution is 2.63. The highest BCUT2D eigenvalue weighted by atomic mass is 32.3. The third-order valence-electron chi connectivity index (χ3n) is 2.24. The van der Waals surface area contributed by atoms with Gasteiger partial charge in [-0.1, -0.05) is 0 Å². The van der Waals surface area contributed by atoms with Crippen molar-refractivity contribution in [3.05, 3.63) is 0 Å². The molecule has 9 heavy (non-hydrogen) atoms. The zero-order valence-electron chi connectivity index (χ0n) is 6.72. The standard InChI is InChI=1S/C7H19NS/c1-9(2,3)5-4-7(8)6-9/h7,9H,4-6,8H2,1-3H3/t7-/m1/s1. The molecule has 1 aliphatic heterocycles. The zero-order valence-corrected chi connectivity index (χ0v) is 7.62. The van der Waals surface area contributed by atoms with Crippen LogP contribution in [0.2, 0.25) is 0 Å². The van der Waals surface area contributed by atoms with E-state index in [4.69, 9.17) is 5.73 Å². The molecule has 0 unspecified atom stereocenters. The summed E-state index contributed by atoms with van der Waals surface area (Å²) in [5.41, 5.74) is 5.83. The quantitative estimate of drug-likeness (QED) is 0.487. The van der Waals surface area contributed by atoms with Crippen LogP contribution in [0.3, 0.4) is 0 Å². The lowest BCUT2D eigenvalue weighted by Crippen LogP contribution is -2.23. The van der Waals surface area contributed by atoms with Crippen LogP contribution in [0, 0.1) is 0 Å². The molecule has 2 heteroatoms. The van der Waals surface area contributed by atoms with Crippen LogP contribution in [0.25, 0.3) is 0 Å². The predicted molar refractivity (Wildman–Crippen MR) is 49.1 cm³/mol. The number of rotatable bonds is 0. The smallest absolute Gasteiger partial charge is 0.0108 e. The van der Waals surface area contributed by atoms with Crippen molar-refractivity contribution >= 4 is 9.16 Å². The Kier molecular flexibility index (Phi) is 1.38. The molecule has 0 spiro atoms. The molecule has 1 nitrogen and oxygen atoms in total. The van der Waals surface area contributed by atoms with Crippen LogP contribution in [-0.4, -0.2) is 36.3 Å². The molecule has 58 valence electrons. The van der Waals surface area contributed by atoms with Gasteiger partial charge in [0.05, 0.1) is 0 Å². The van der Waals surface area contributed by atoms with E-state index in [0.717, 1.165) is 0 Å². The summed E-state index contributed by atoms with van der Waals surface area (Å²) in [6, 6.07) is 0.516. The molecule has 0 aliphatic carbocycles. The fourth-order valence-electron chi connectivity index (χ4n) is 1.70. The third kappa shape index (κ3) is 1.87. The lowest BCUT2D eigenvalue weighted by Gasteiger charge is -2.47. The molecule has 0 radical (unpaired) electrons. The van der Waals surface area contributed by atoms with Crippen molar-refractivity contribution in [3.8, 4) is 0 Å². The van der Waals surface area contributed by atoms with Crippen molar-refractivity contribution in [3.63, 3.8) is 0 Å². The average molecular weight is 149 g/mol. The number of hydrogen-bond acceptors (Lipinski definition) is 1. The van der Waals surface area contributed by atoms with Gasteiger partial charge < -0.3 is 5.73 Å². The largest absolute Gasteiger partial charge is 0.327 e. The van der Waals surface area contributed by atoms with Crippen molar-refractivity contribution in [1.82, 2.24) is 0 Å². The first kappa shape index (κ1) is 7.42. The summed E-state index contributed by atoms with van der Waals surface area (Å²) in [5, 5.41) is 0. The van der Waals surface area contributed by atoms with Crippen molar-refractivity contribution in [1.29, 1.82) is 0 Å². The molecule has 0 saturated carbocycles. The second-order valence-corrected chi connectivity index (χ2v) is 12.7. The van der Waals surface area contributed by atoms with Gasteiger partial charge in [-0.25, -0.2) is 0 Å². The van der Waals surface area contributed by atoms with Gasteiger partial charge in [-0.15, -0.1) is 0 Å². The first-order valence-electron chi connectivity index (χ1n) is 3.62. The fraction of sp³-hybridized carbons (Fsp3) is 1.00. The van der Waals surface area contributed by atoms with Crippen LogP contribution in [0.5, 0.6) is 0 Å². The van der Waals surface area contributed by atoms with Gasteiger partial charge in [-0.3, -0.25) is 9.16 Å². The van der Waals surface area contributed by atoms with E-state index in [0.29, 0.717) is 6.04 Å². The van der Waals surface area contributed by atoms with Crippen LogP contribution in [-0.2, 0) is 0 Å². The minimum atomic E-state index is -1.18. The maximum Gasteiger partial charge on any atom is 0.0108 e. The minimum Gasteiger partial charge on any atom is -0.327 e. The monoisotopic (exact) mass is 149 g/mol. The van der Waals surface area contributed by atoms with Crippen LogP contribution < -0.4 is 5.73 Å². The van der Waals surface area contributed by atoms with E-state index >= 15 is 0 Å². The van der Waals surface area contributed by atoms with Crippen LogP contribution >= 0.6 is 9.16 Å². The van der Waals surface area contributed by atoms with Crippen LogP contribution in [0.15, 0.2) is 0 Å². The Morgan fingerprint density at radius 3 is 2.00 bits per heavy atom. The van der Waals surface area contributed by atoms with Gasteiger partial charge in [0.25, 0.3) is 0 Å². The van der Waals surface area contributed by atoms with E-state index in [-0.39, 0.29) is 0 Å². The minimum absolute atomic E-state index is 0.516. The molecule has 0 aromatic heterocycles. The SMILES string of the molecule is C[SH]1(C)(C)CC[C@@H](N)C1. The molecule has 1 rings (SSSR count). The molecular formula is C7H19NS. The maximum absolute atomic E-state index is 5.83. The summed E-state index contributed by atoms with van der Waals surface area (Å²) in [7, 11) is -1.18. The normalized spacial score (nSPS) is 43.6. The molecule has 0 amide bonds. The number of hydrogen-bond donors (Lipinski definition) is 2. The van der Waals surface area contributed by atoms with Crippen LogP contribution in [0.4, 0.5) is 0 Å². The molecule has 1 fully saturated rings. The molecule has 0 bridgehead atoms. The summed E-state index contributed by atoms with van der Waals surface area (Å²) in [4.78, 5) is 0. The maximum atomic E-state index is 5.83. The van der Waals surface area contributed by atoms with Gasteiger partial charge in [0, 0.05) is 6.04 Å². The van der Waals surface area contributed by atoms with Crippen molar-refractivity contribution in [2.24, 2.45) is 5.73 Å². The Morgan fingerprint density at radius 2 is 1.89 bits per heavy atom. The van der Waals surface area contributed by atoms with E-state index in [1.165, 1.54) is 17.9 Å². The van der Waals surface area contributed by atoms with E-state index < -0.39 is 9.16 Å². The first-order valence-corrected chi connectivity index (χ1v) is 7.57. The molecule has 2 N–H and O–H groups in total. The molecule has 1 atom stereocenters. The van der Waals surface area contributed by atoms with Gasteiger partial charge in [0.2, 0.25) is 0 Å². The fourth-order valence-corrected chi connectivity index (χ4v) is 5.09. The van der Waals surface area contributed by atoms with Crippen molar-refractivity contribution in [2.45, 2.75) is 12.5 Å². The third-order valence-corrected chi connectivity index (χ3v) is 5.98. The summed E-state index contributed by atoms with van der Waals surface area (Å²) < 4.78 is 0. The van der Waals surface area contributed by atoms with E-state index in [1.54, 1.807) is 0 Å². The van der Waals surface area contributed by atoms with Crippen molar-refractivity contribution in [2.75, 3.05) is 30.3 Å². The van der Waals surface area contributed by atoms with Gasteiger partial charge >= 0.3 is 0 Å². The summed E-state index contributed by atoms with van der Waals surface area (Å²) in [6.07, 6.45) is 8.59. The second-order valence-electron chi connectivity index (χ2n) is 4.92. The topological polar surface area (TPSA) is 26.0 Å². The average Bonchev–Trinajstić information content (AvgIpc) is 1.78. The lowest BCUT2D eigenvalue weighted by atomic mass is 10.3. The lowest BCUT2D eigenvalue weighted by molar-refractivity contribution is 0.759. The molecule has 0 aromatic carbocycles. The molecule has 1 saturated heterocycles. The van der Waals surface area contributed by atoms with E-state index in [2.05, 4.69) is 18.8 Å². The van der Waals surface area contributed by atoms with Gasteiger partial charge in [0.15, 0.2) is 0 Å². The zero-order chi connectivity index (χ0) is 7.15. The second kappa shape index (κ2) is 1.67. The van der Waals surface area contributed by atoms with Gasteiger partial charge in [-0.05, 0) is 36.7 Å². The summed E-state index contributed by atoms with van der Waals surface area (Å²) in [6.45, 7) is 0. The Morgan fingerprint density at radius 1 is 1.33 bits per heavy atom. The molecular weight excluding hydrogens is 130 g/mol. The predicted octanol–water partition coefficient (Wildman–Crippen LogP) is 0.679. The Hall–Kier alpha value is 0.310.